The van der Waals surface area contributed by atoms with Gasteiger partial charge in [0.25, 0.3) is 0 Å². The van der Waals surface area contributed by atoms with Gasteiger partial charge < -0.3 is 15.4 Å². The molecule has 1 rings (SSSR count). The van der Waals surface area contributed by atoms with Crippen LogP contribution in [0.15, 0.2) is 17.1 Å². The molecule has 0 saturated carbocycles. The van der Waals surface area contributed by atoms with Gasteiger partial charge in [-0.25, -0.2) is 0 Å². The largest absolute Gasteiger partial charge is 0.381 e. The lowest BCUT2D eigenvalue weighted by molar-refractivity contribution is 0.129. The zero-order chi connectivity index (χ0) is 13.1. The van der Waals surface area contributed by atoms with Crippen molar-refractivity contribution in [2.75, 3.05) is 26.8 Å². The topological polar surface area (TPSA) is 45.6 Å². The molecule has 0 aliphatic heterocycles. The highest BCUT2D eigenvalue weighted by molar-refractivity contribution is 5.80. The van der Waals surface area contributed by atoms with E-state index in [9.17, 15) is 0 Å². The highest BCUT2D eigenvalue weighted by Crippen LogP contribution is 2.08. The van der Waals surface area contributed by atoms with Crippen molar-refractivity contribution in [3.63, 3.8) is 0 Å². The fourth-order valence-electron chi connectivity index (χ4n) is 1.85. The molecule has 0 aromatic rings. The SMILES string of the molecule is CCCCOCCCNC(=NC)NC1CC=CC1. The molecule has 104 valence electrons. The number of aliphatic imine (C=N–C) groups is 1. The minimum atomic E-state index is 0.511. The third-order valence-corrected chi connectivity index (χ3v) is 2.97. The Morgan fingerprint density at radius 3 is 2.67 bits per heavy atom. The normalized spacial score (nSPS) is 16.2. The van der Waals surface area contributed by atoms with Crippen LogP contribution in [0, 0.1) is 0 Å². The molecular weight excluding hydrogens is 226 g/mol. The number of ether oxygens (including phenoxy) is 1. The first kappa shape index (κ1) is 15.0. The molecule has 0 bridgehead atoms. The average molecular weight is 253 g/mol. The lowest BCUT2D eigenvalue weighted by Gasteiger charge is -2.16. The van der Waals surface area contributed by atoms with Gasteiger partial charge in [-0.3, -0.25) is 4.99 Å². The summed E-state index contributed by atoms with van der Waals surface area (Å²) in [5.74, 6) is 0.900. The van der Waals surface area contributed by atoms with E-state index in [1.165, 1.54) is 6.42 Å². The number of hydrogen-bond acceptors (Lipinski definition) is 2. The second-order valence-electron chi connectivity index (χ2n) is 4.60. The lowest BCUT2D eigenvalue weighted by atomic mass is 10.2. The van der Waals surface area contributed by atoms with Crippen LogP contribution in [0.2, 0.25) is 0 Å². The standard InChI is InChI=1S/C14H27N3O/c1-3-4-11-18-12-7-10-16-14(15-2)17-13-8-5-6-9-13/h5-6,13H,3-4,7-12H2,1-2H3,(H2,15,16,17). The fraction of sp³-hybridized carbons (Fsp3) is 0.786. The van der Waals surface area contributed by atoms with Crippen LogP contribution in [0.5, 0.6) is 0 Å². The van der Waals surface area contributed by atoms with Crippen LogP contribution in [0.25, 0.3) is 0 Å². The van der Waals surface area contributed by atoms with Crippen LogP contribution in [-0.2, 0) is 4.74 Å². The first-order valence-corrected chi connectivity index (χ1v) is 7.06. The lowest BCUT2D eigenvalue weighted by Crippen LogP contribution is -2.42. The maximum atomic E-state index is 5.51. The van der Waals surface area contributed by atoms with E-state index in [1.807, 2.05) is 7.05 Å². The maximum Gasteiger partial charge on any atom is 0.191 e. The predicted octanol–water partition coefficient (Wildman–Crippen LogP) is 2.08. The summed E-state index contributed by atoms with van der Waals surface area (Å²) in [5, 5.41) is 6.73. The van der Waals surface area contributed by atoms with E-state index in [2.05, 4.69) is 34.7 Å². The van der Waals surface area contributed by atoms with E-state index in [0.717, 1.165) is 51.4 Å². The molecule has 1 aliphatic rings. The van der Waals surface area contributed by atoms with Crippen LogP contribution in [-0.4, -0.2) is 38.8 Å². The van der Waals surface area contributed by atoms with Crippen molar-refractivity contribution in [3.05, 3.63) is 12.2 Å². The molecule has 0 heterocycles. The maximum absolute atomic E-state index is 5.51. The summed E-state index contributed by atoms with van der Waals surface area (Å²) in [4.78, 5) is 4.22. The van der Waals surface area contributed by atoms with Gasteiger partial charge in [0.05, 0.1) is 0 Å². The minimum Gasteiger partial charge on any atom is -0.381 e. The van der Waals surface area contributed by atoms with Crippen LogP contribution in [0.4, 0.5) is 0 Å². The summed E-state index contributed by atoms with van der Waals surface area (Å²) in [5.41, 5.74) is 0. The van der Waals surface area contributed by atoms with Crippen LogP contribution < -0.4 is 10.6 Å². The second kappa shape index (κ2) is 9.95. The highest BCUT2D eigenvalue weighted by Gasteiger charge is 2.10. The Bertz CT molecular complexity index is 256. The Balaban J connectivity index is 1.98. The molecule has 18 heavy (non-hydrogen) atoms. The molecule has 0 amide bonds. The zero-order valence-corrected chi connectivity index (χ0v) is 11.7. The van der Waals surface area contributed by atoms with Gasteiger partial charge in [-0.15, -0.1) is 0 Å². The van der Waals surface area contributed by atoms with E-state index in [1.54, 1.807) is 0 Å². The summed E-state index contributed by atoms with van der Waals surface area (Å²) in [6.07, 6.45) is 10.0. The molecule has 1 aliphatic carbocycles. The van der Waals surface area contributed by atoms with Crippen LogP contribution >= 0.6 is 0 Å². The predicted molar refractivity (Wildman–Crippen MR) is 77.0 cm³/mol. The van der Waals surface area contributed by atoms with Crippen molar-refractivity contribution < 1.29 is 4.74 Å². The molecule has 0 aromatic heterocycles. The van der Waals surface area contributed by atoms with Gasteiger partial charge in [-0.05, 0) is 25.7 Å². The van der Waals surface area contributed by atoms with E-state index in [0.29, 0.717) is 6.04 Å². The number of unbranched alkanes of at least 4 members (excludes halogenated alkanes) is 1. The first-order chi connectivity index (χ1) is 8.86. The fourth-order valence-corrected chi connectivity index (χ4v) is 1.85. The number of guanidine groups is 1. The molecular formula is C14H27N3O. The van der Waals surface area contributed by atoms with E-state index in [-0.39, 0.29) is 0 Å². The summed E-state index contributed by atoms with van der Waals surface area (Å²) in [6, 6.07) is 0.511. The van der Waals surface area contributed by atoms with E-state index >= 15 is 0 Å². The molecule has 2 N–H and O–H groups in total. The molecule has 0 radical (unpaired) electrons. The molecule has 4 heteroatoms. The monoisotopic (exact) mass is 253 g/mol. The van der Waals surface area contributed by atoms with Gasteiger partial charge >= 0.3 is 0 Å². The molecule has 0 spiro atoms. The Kier molecular flexibility index (Phi) is 8.30. The van der Waals surface area contributed by atoms with Crippen molar-refractivity contribution in [2.24, 2.45) is 4.99 Å². The second-order valence-corrected chi connectivity index (χ2v) is 4.60. The van der Waals surface area contributed by atoms with Gasteiger partial charge in [-0.2, -0.15) is 0 Å². The number of hydrogen-bond donors (Lipinski definition) is 2. The molecule has 0 fully saturated rings. The van der Waals surface area contributed by atoms with Crippen LogP contribution in [0.1, 0.15) is 39.0 Å². The summed E-state index contributed by atoms with van der Waals surface area (Å²) < 4.78 is 5.51. The zero-order valence-electron chi connectivity index (χ0n) is 11.7. The van der Waals surface area contributed by atoms with Crippen molar-refractivity contribution in [1.29, 1.82) is 0 Å². The van der Waals surface area contributed by atoms with E-state index in [4.69, 9.17) is 4.74 Å². The third kappa shape index (κ3) is 6.64. The molecule has 0 unspecified atom stereocenters. The van der Waals surface area contributed by atoms with Gasteiger partial charge in [-0.1, -0.05) is 25.5 Å². The van der Waals surface area contributed by atoms with Gasteiger partial charge in [0.15, 0.2) is 5.96 Å². The van der Waals surface area contributed by atoms with Gasteiger partial charge in [0.2, 0.25) is 0 Å². The molecule has 0 atom stereocenters. The van der Waals surface area contributed by atoms with Crippen molar-refractivity contribution >= 4 is 5.96 Å². The third-order valence-electron chi connectivity index (χ3n) is 2.97. The Hall–Kier alpha value is -1.03. The number of nitrogens with zero attached hydrogens (tertiary/aromatic N) is 1. The number of nitrogens with one attached hydrogen (secondary N) is 2. The van der Waals surface area contributed by atoms with Gasteiger partial charge in [0, 0.05) is 32.8 Å². The Morgan fingerprint density at radius 1 is 1.28 bits per heavy atom. The van der Waals surface area contributed by atoms with Crippen molar-refractivity contribution in [2.45, 2.75) is 45.1 Å². The molecule has 0 saturated heterocycles. The quantitative estimate of drug-likeness (QED) is 0.301. The highest BCUT2D eigenvalue weighted by atomic mass is 16.5. The summed E-state index contributed by atoms with van der Waals surface area (Å²) in [7, 11) is 1.81. The van der Waals surface area contributed by atoms with Crippen molar-refractivity contribution in [1.82, 2.24) is 10.6 Å². The van der Waals surface area contributed by atoms with E-state index < -0.39 is 0 Å². The molecule has 4 nitrogen and oxygen atoms in total. The molecule has 0 aromatic carbocycles. The minimum absolute atomic E-state index is 0.511. The smallest absolute Gasteiger partial charge is 0.191 e. The summed E-state index contributed by atoms with van der Waals surface area (Å²) >= 11 is 0. The number of rotatable bonds is 8. The summed E-state index contributed by atoms with van der Waals surface area (Å²) in [6.45, 7) is 4.80. The van der Waals surface area contributed by atoms with Gasteiger partial charge in [0.1, 0.15) is 0 Å². The van der Waals surface area contributed by atoms with Crippen molar-refractivity contribution in [3.8, 4) is 0 Å². The average Bonchev–Trinajstić information content (AvgIpc) is 2.89. The first-order valence-electron chi connectivity index (χ1n) is 7.06. The van der Waals surface area contributed by atoms with Crippen LogP contribution in [0.3, 0.4) is 0 Å². The Labute approximate surface area is 111 Å². The Morgan fingerprint density at radius 2 is 2.00 bits per heavy atom.